The molecule has 1 saturated carbocycles. The fraction of sp³-hybridized carbons (Fsp3) is 1.00. The monoisotopic (exact) mass is 144 g/mol. The van der Waals surface area contributed by atoms with Crippen molar-refractivity contribution in [2.45, 2.75) is 38.7 Å². The van der Waals surface area contributed by atoms with E-state index in [0.717, 1.165) is 19.3 Å². The SMILES string of the molecule is CC(C)(CO)C1(O)CCC1. The first-order valence-corrected chi connectivity index (χ1v) is 3.85. The molecule has 0 amide bonds. The van der Waals surface area contributed by atoms with E-state index in [9.17, 15) is 5.11 Å². The van der Waals surface area contributed by atoms with Crippen LogP contribution in [0.15, 0.2) is 0 Å². The van der Waals surface area contributed by atoms with E-state index in [1.165, 1.54) is 0 Å². The second kappa shape index (κ2) is 2.21. The molecule has 0 aromatic carbocycles. The van der Waals surface area contributed by atoms with Crippen LogP contribution >= 0.6 is 0 Å². The zero-order chi connectivity index (χ0) is 7.83. The van der Waals surface area contributed by atoms with Crippen LogP contribution in [0.2, 0.25) is 0 Å². The van der Waals surface area contributed by atoms with Gasteiger partial charge in [-0.3, -0.25) is 0 Å². The lowest BCUT2D eigenvalue weighted by molar-refractivity contribution is -0.141. The number of rotatable bonds is 2. The number of aliphatic hydroxyl groups is 2. The summed E-state index contributed by atoms with van der Waals surface area (Å²) < 4.78 is 0. The molecule has 1 rings (SSSR count). The first-order chi connectivity index (χ1) is 4.52. The Labute approximate surface area is 61.9 Å². The van der Waals surface area contributed by atoms with E-state index in [2.05, 4.69) is 0 Å². The van der Waals surface area contributed by atoms with Crippen LogP contribution < -0.4 is 0 Å². The third-order valence-electron chi connectivity index (χ3n) is 2.84. The quantitative estimate of drug-likeness (QED) is 0.605. The number of aliphatic hydroxyl groups excluding tert-OH is 1. The molecule has 0 radical (unpaired) electrons. The Morgan fingerprint density at radius 3 is 2.00 bits per heavy atom. The van der Waals surface area contributed by atoms with Gasteiger partial charge in [-0.15, -0.1) is 0 Å². The summed E-state index contributed by atoms with van der Waals surface area (Å²) in [5.41, 5.74) is -0.896. The van der Waals surface area contributed by atoms with Crippen LogP contribution in [0.1, 0.15) is 33.1 Å². The van der Waals surface area contributed by atoms with Crippen molar-refractivity contribution in [2.75, 3.05) is 6.61 Å². The van der Waals surface area contributed by atoms with Gasteiger partial charge in [0.1, 0.15) is 0 Å². The molecule has 0 bridgehead atoms. The Balaban J connectivity index is 2.61. The van der Waals surface area contributed by atoms with Gasteiger partial charge in [-0.05, 0) is 19.3 Å². The van der Waals surface area contributed by atoms with Crippen molar-refractivity contribution < 1.29 is 10.2 Å². The zero-order valence-electron chi connectivity index (χ0n) is 6.72. The molecule has 0 heterocycles. The zero-order valence-corrected chi connectivity index (χ0v) is 6.72. The first-order valence-electron chi connectivity index (χ1n) is 3.85. The molecule has 2 heteroatoms. The van der Waals surface area contributed by atoms with Gasteiger partial charge in [0, 0.05) is 5.41 Å². The van der Waals surface area contributed by atoms with E-state index in [1.807, 2.05) is 13.8 Å². The largest absolute Gasteiger partial charge is 0.396 e. The molecule has 1 aliphatic rings. The lowest BCUT2D eigenvalue weighted by Gasteiger charge is -2.48. The van der Waals surface area contributed by atoms with Crippen molar-refractivity contribution in [3.05, 3.63) is 0 Å². The van der Waals surface area contributed by atoms with Crippen molar-refractivity contribution in [3.8, 4) is 0 Å². The standard InChI is InChI=1S/C8H16O2/c1-7(2,6-9)8(10)4-3-5-8/h9-10H,3-6H2,1-2H3. The maximum Gasteiger partial charge on any atom is 0.0720 e. The summed E-state index contributed by atoms with van der Waals surface area (Å²) >= 11 is 0. The Morgan fingerprint density at radius 2 is 1.90 bits per heavy atom. The van der Waals surface area contributed by atoms with E-state index < -0.39 is 5.60 Å². The summed E-state index contributed by atoms with van der Waals surface area (Å²) in [4.78, 5) is 0. The van der Waals surface area contributed by atoms with E-state index >= 15 is 0 Å². The van der Waals surface area contributed by atoms with Crippen molar-refractivity contribution in [2.24, 2.45) is 5.41 Å². The normalized spacial score (nSPS) is 24.0. The van der Waals surface area contributed by atoms with Crippen molar-refractivity contribution in [1.29, 1.82) is 0 Å². The second-order valence-electron chi connectivity index (χ2n) is 3.93. The van der Waals surface area contributed by atoms with Gasteiger partial charge in [0.2, 0.25) is 0 Å². The van der Waals surface area contributed by atoms with Crippen LogP contribution in [0.4, 0.5) is 0 Å². The van der Waals surface area contributed by atoms with Crippen LogP contribution in [-0.2, 0) is 0 Å². The molecule has 2 N–H and O–H groups in total. The average Bonchev–Trinajstić information content (AvgIpc) is 1.82. The number of hydrogen-bond donors (Lipinski definition) is 2. The highest BCUT2D eigenvalue weighted by Crippen LogP contribution is 2.45. The van der Waals surface area contributed by atoms with Gasteiger partial charge in [-0.25, -0.2) is 0 Å². The Bertz CT molecular complexity index is 116. The Kier molecular flexibility index (Phi) is 1.77. The first kappa shape index (κ1) is 8.02. The summed E-state index contributed by atoms with van der Waals surface area (Å²) in [5, 5.41) is 18.7. The summed E-state index contributed by atoms with van der Waals surface area (Å²) in [6.07, 6.45) is 2.79. The summed E-state index contributed by atoms with van der Waals surface area (Å²) in [7, 11) is 0. The lowest BCUT2D eigenvalue weighted by atomic mass is 9.63. The van der Waals surface area contributed by atoms with E-state index in [-0.39, 0.29) is 12.0 Å². The minimum atomic E-state index is -0.582. The average molecular weight is 144 g/mol. The molecule has 10 heavy (non-hydrogen) atoms. The van der Waals surface area contributed by atoms with E-state index in [4.69, 9.17) is 5.11 Å². The molecule has 1 aliphatic carbocycles. The van der Waals surface area contributed by atoms with Gasteiger partial charge >= 0.3 is 0 Å². The van der Waals surface area contributed by atoms with Gasteiger partial charge in [0.25, 0.3) is 0 Å². The predicted molar refractivity (Wildman–Crippen MR) is 39.7 cm³/mol. The molecule has 60 valence electrons. The topological polar surface area (TPSA) is 40.5 Å². The third-order valence-corrected chi connectivity index (χ3v) is 2.84. The van der Waals surface area contributed by atoms with Crippen LogP contribution in [0.3, 0.4) is 0 Å². The molecule has 0 aromatic heterocycles. The summed E-state index contributed by atoms with van der Waals surface area (Å²) in [6, 6.07) is 0. The summed E-state index contributed by atoms with van der Waals surface area (Å²) in [5.74, 6) is 0. The number of hydrogen-bond acceptors (Lipinski definition) is 2. The fourth-order valence-corrected chi connectivity index (χ4v) is 1.34. The molecule has 0 aliphatic heterocycles. The highest BCUT2D eigenvalue weighted by molar-refractivity contribution is 4.98. The molecule has 0 atom stereocenters. The van der Waals surface area contributed by atoms with Crippen LogP contribution in [0, 0.1) is 5.41 Å². The minimum Gasteiger partial charge on any atom is -0.396 e. The van der Waals surface area contributed by atoms with Crippen molar-refractivity contribution >= 4 is 0 Å². The molecular formula is C8H16O2. The molecular weight excluding hydrogens is 128 g/mol. The molecule has 0 saturated heterocycles. The maximum absolute atomic E-state index is 9.78. The van der Waals surface area contributed by atoms with E-state index in [1.54, 1.807) is 0 Å². The molecule has 0 aromatic rings. The molecule has 0 unspecified atom stereocenters. The molecule has 2 nitrogen and oxygen atoms in total. The Hall–Kier alpha value is -0.0800. The van der Waals surface area contributed by atoms with E-state index in [0.29, 0.717) is 0 Å². The smallest absolute Gasteiger partial charge is 0.0720 e. The fourth-order valence-electron chi connectivity index (χ4n) is 1.34. The minimum absolute atomic E-state index is 0.0729. The van der Waals surface area contributed by atoms with Gasteiger partial charge in [-0.1, -0.05) is 13.8 Å². The van der Waals surface area contributed by atoms with Gasteiger partial charge < -0.3 is 10.2 Å². The van der Waals surface area contributed by atoms with Gasteiger partial charge in [0.15, 0.2) is 0 Å². The maximum atomic E-state index is 9.78. The van der Waals surface area contributed by atoms with Crippen LogP contribution in [0.25, 0.3) is 0 Å². The van der Waals surface area contributed by atoms with Gasteiger partial charge in [-0.2, -0.15) is 0 Å². The van der Waals surface area contributed by atoms with Gasteiger partial charge in [0.05, 0.1) is 12.2 Å². The van der Waals surface area contributed by atoms with Crippen molar-refractivity contribution in [1.82, 2.24) is 0 Å². The second-order valence-corrected chi connectivity index (χ2v) is 3.93. The Morgan fingerprint density at radius 1 is 1.40 bits per heavy atom. The third kappa shape index (κ3) is 0.956. The predicted octanol–water partition coefficient (Wildman–Crippen LogP) is 0.920. The van der Waals surface area contributed by atoms with Crippen LogP contribution in [-0.4, -0.2) is 22.4 Å². The lowest BCUT2D eigenvalue weighted by Crippen LogP contribution is -2.51. The highest BCUT2D eigenvalue weighted by Gasteiger charge is 2.47. The molecule has 1 fully saturated rings. The van der Waals surface area contributed by atoms with Crippen LogP contribution in [0.5, 0.6) is 0 Å². The highest BCUT2D eigenvalue weighted by atomic mass is 16.3. The molecule has 0 spiro atoms. The van der Waals surface area contributed by atoms with Crippen molar-refractivity contribution in [3.63, 3.8) is 0 Å². The summed E-state index contributed by atoms with van der Waals surface area (Å²) in [6.45, 7) is 3.89.